The van der Waals surface area contributed by atoms with Gasteiger partial charge in [-0.2, -0.15) is 0 Å². The van der Waals surface area contributed by atoms with Gasteiger partial charge in [0.05, 0.1) is 11.4 Å². The van der Waals surface area contributed by atoms with E-state index in [0.717, 1.165) is 22.5 Å². The number of thioether (sulfide) groups is 1. The van der Waals surface area contributed by atoms with Crippen LogP contribution in [-0.4, -0.2) is 19.7 Å². The molecule has 0 radical (unpaired) electrons. The Morgan fingerprint density at radius 1 is 1.08 bits per heavy atom. The molecule has 0 atom stereocenters. The summed E-state index contributed by atoms with van der Waals surface area (Å²) in [6, 6.07) is 16.2. The van der Waals surface area contributed by atoms with Crippen LogP contribution in [0.4, 0.5) is 0 Å². The Hall–Kier alpha value is -2.86. The van der Waals surface area contributed by atoms with Crippen LogP contribution in [0.5, 0.6) is 0 Å². The summed E-state index contributed by atoms with van der Waals surface area (Å²) < 4.78 is 7.43. The molecule has 26 heavy (non-hydrogen) atoms. The molecule has 2 heterocycles. The molecule has 0 fully saturated rings. The van der Waals surface area contributed by atoms with Crippen LogP contribution in [0.15, 0.2) is 70.7 Å². The van der Waals surface area contributed by atoms with Gasteiger partial charge in [0.25, 0.3) is 0 Å². The Morgan fingerprint density at radius 3 is 2.73 bits per heavy atom. The molecule has 0 spiro atoms. The second-order valence-electron chi connectivity index (χ2n) is 6.06. The van der Waals surface area contributed by atoms with E-state index in [9.17, 15) is 0 Å². The largest absolute Gasteiger partial charge is 0.444 e. The molecule has 0 amide bonds. The van der Waals surface area contributed by atoms with Crippen LogP contribution in [0, 0.1) is 13.8 Å². The van der Waals surface area contributed by atoms with E-state index in [-0.39, 0.29) is 0 Å². The SMILES string of the molecule is Cc1ccc(-c2nc(CSc3ncn(-c4ccccc4)n3)co2)c(C)c1. The summed E-state index contributed by atoms with van der Waals surface area (Å²) in [5.41, 5.74) is 5.28. The predicted molar refractivity (Wildman–Crippen MR) is 102 cm³/mol. The van der Waals surface area contributed by atoms with Crippen LogP contribution in [0.25, 0.3) is 17.1 Å². The lowest BCUT2D eigenvalue weighted by Crippen LogP contribution is -1.93. The quantitative estimate of drug-likeness (QED) is 0.476. The number of rotatable bonds is 5. The number of para-hydroxylation sites is 1. The molecule has 0 saturated carbocycles. The monoisotopic (exact) mass is 362 g/mol. The minimum atomic E-state index is 0.654. The van der Waals surface area contributed by atoms with Crippen LogP contribution in [0.3, 0.4) is 0 Å². The van der Waals surface area contributed by atoms with Gasteiger partial charge < -0.3 is 4.42 Å². The third-order valence-electron chi connectivity index (χ3n) is 4.00. The van der Waals surface area contributed by atoms with Crippen LogP contribution in [0.1, 0.15) is 16.8 Å². The van der Waals surface area contributed by atoms with Gasteiger partial charge >= 0.3 is 0 Å². The van der Waals surface area contributed by atoms with E-state index in [4.69, 9.17) is 4.42 Å². The topological polar surface area (TPSA) is 56.7 Å². The molecule has 0 bridgehead atoms. The van der Waals surface area contributed by atoms with E-state index < -0.39 is 0 Å². The minimum absolute atomic E-state index is 0.654. The summed E-state index contributed by atoms with van der Waals surface area (Å²) in [6.07, 6.45) is 3.43. The van der Waals surface area contributed by atoms with Crippen molar-refractivity contribution in [2.45, 2.75) is 24.8 Å². The molecular weight excluding hydrogens is 344 g/mol. The first-order valence-electron chi connectivity index (χ1n) is 8.31. The van der Waals surface area contributed by atoms with Gasteiger partial charge in [-0.1, -0.05) is 47.7 Å². The Bertz CT molecular complexity index is 1020. The van der Waals surface area contributed by atoms with Gasteiger partial charge in [-0.05, 0) is 37.6 Å². The molecule has 5 nitrogen and oxygen atoms in total. The van der Waals surface area contributed by atoms with Crippen molar-refractivity contribution in [3.63, 3.8) is 0 Å². The van der Waals surface area contributed by atoms with E-state index in [2.05, 4.69) is 47.1 Å². The highest BCUT2D eigenvalue weighted by atomic mass is 32.2. The van der Waals surface area contributed by atoms with E-state index in [1.807, 2.05) is 30.3 Å². The second kappa shape index (κ2) is 7.17. The normalized spacial score (nSPS) is 11.0. The standard InChI is InChI=1S/C20H18N4OS/c1-14-8-9-18(15(2)10-14)19-22-16(11-25-19)12-26-20-21-13-24(23-20)17-6-4-3-5-7-17/h3-11,13H,12H2,1-2H3. The Morgan fingerprint density at radius 2 is 1.92 bits per heavy atom. The number of aryl methyl sites for hydroxylation is 2. The molecular formula is C20H18N4OS. The number of oxazole rings is 1. The molecule has 0 aliphatic carbocycles. The lowest BCUT2D eigenvalue weighted by Gasteiger charge is -2.02. The molecule has 0 saturated heterocycles. The zero-order valence-corrected chi connectivity index (χ0v) is 15.4. The van der Waals surface area contributed by atoms with Crippen molar-refractivity contribution in [1.29, 1.82) is 0 Å². The van der Waals surface area contributed by atoms with E-state index >= 15 is 0 Å². The zero-order valence-electron chi connectivity index (χ0n) is 14.6. The van der Waals surface area contributed by atoms with E-state index in [1.165, 1.54) is 17.3 Å². The fourth-order valence-corrected chi connectivity index (χ4v) is 3.39. The molecule has 0 aliphatic heterocycles. The summed E-state index contributed by atoms with van der Waals surface area (Å²) in [5.74, 6) is 1.31. The molecule has 6 heteroatoms. The maximum absolute atomic E-state index is 5.66. The molecule has 2 aromatic heterocycles. The average molecular weight is 362 g/mol. The maximum Gasteiger partial charge on any atom is 0.226 e. The summed E-state index contributed by atoms with van der Waals surface area (Å²) in [4.78, 5) is 8.95. The minimum Gasteiger partial charge on any atom is -0.444 e. The fourth-order valence-electron chi connectivity index (χ4n) is 2.71. The molecule has 2 aromatic carbocycles. The Balaban J connectivity index is 1.45. The van der Waals surface area contributed by atoms with Crippen LogP contribution in [-0.2, 0) is 5.75 Å². The average Bonchev–Trinajstić information content (AvgIpc) is 3.30. The number of nitrogens with zero attached hydrogens (tertiary/aromatic N) is 4. The highest BCUT2D eigenvalue weighted by Crippen LogP contribution is 2.26. The van der Waals surface area contributed by atoms with Gasteiger partial charge in [-0.3, -0.25) is 0 Å². The smallest absolute Gasteiger partial charge is 0.226 e. The van der Waals surface area contributed by atoms with Gasteiger partial charge in [0.1, 0.15) is 12.6 Å². The number of aromatic nitrogens is 4. The van der Waals surface area contributed by atoms with Gasteiger partial charge in [-0.15, -0.1) is 5.10 Å². The summed E-state index contributed by atoms with van der Waals surface area (Å²) in [7, 11) is 0. The molecule has 4 aromatic rings. The zero-order chi connectivity index (χ0) is 17.9. The first-order chi connectivity index (χ1) is 12.7. The third kappa shape index (κ3) is 3.55. The highest BCUT2D eigenvalue weighted by molar-refractivity contribution is 7.98. The van der Waals surface area contributed by atoms with Gasteiger partial charge in [0.15, 0.2) is 0 Å². The number of hydrogen-bond acceptors (Lipinski definition) is 5. The predicted octanol–water partition coefficient (Wildman–Crippen LogP) is 4.83. The first-order valence-corrected chi connectivity index (χ1v) is 9.29. The summed E-state index contributed by atoms with van der Waals surface area (Å²) in [5, 5.41) is 5.21. The second-order valence-corrected chi connectivity index (χ2v) is 7.00. The Labute approximate surface area is 156 Å². The van der Waals surface area contributed by atoms with Crippen molar-refractivity contribution < 1.29 is 4.42 Å². The van der Waals surface area contributed by atoms with Crippen molar-refractivity contribution in [1.82, 2.24) is 19.7 Å². The van der Waals surface area contributed by atoms with Crippen LogP contribution in [0.2, 0.25) is 0 Å². The lowest BCUT2D eigenvalue weighted by atomic mass is 10.1. The molecule has 4 rings (SSSR count). The van der Waals surface area contributed by atoms with E-state index in [0.29, 0.717) is 16.8 Å². The van der Waals surface area contributed by atoms with Crippen molar-refractivity contribution in [3.05, 3.63) is 77.9 Å². The number of hydrogen-bond donors (Lipinski definition) is 0. The first kappa shape index (κ1) is 16.6. The molecule has 0 aliphatic rings. The van der Waals surface area contributed by atoms with E-state index in [1.54, 1.807) is 17.3 Å². The van der Waals surface area contributed by atoms with Crippen molar-refractivity contribution in [2.24, 2.45) is 0 Å². The van der Waals surface area contributed by atoms with Crippen molar-refractivity contribution in [3.8, 4) is 17.1 Å². The van der Waals surface area contributed by atoms with Gasteiger partial charge in [-0.25, -0.2) is 14.6 Å². The Kier molecular flexibility index (Phi) is 4.58. The maximum atomic E-state index is 5.66. The van der Waals surface area contributed by atoms with Crippen LogP contribution >= 0.6 is 11.8 Å². The molecule has 0 N–H and O–H groups in total. The summed E-state index contributed by atoms with van der Waals surface area (Å²) >= 11 is 1.54. The third-order valence-corrected chi connectivity index (χ3v) is 4.89. The summed E-state index contributed by atoms with van der Waals surface area (Å²) in [6.45, 7) is 4.15. The van der Waals surface area contributed by atoms with Gasteiger partial charge in [0.2, 0.25) is 11.0 Å². The van der Waals surface area contributed by atoms with Gasteiger partial charge in [0, 0.05) is 11.3 Å². The molecule has 0 unspecified atom stereocenters. The lowest BCUT2D eigenvalue weighted by molar-refractivity contribution is 0.573. The molecule has 130 valence electrons. The van der Waals surface area contributed by atoms with Crippen molar-refractivity contribution >= 4 is 11.8 Å². The fraction of sp³-hybridized carbons (Fsp3) is 0.150. The van der Waals surface area contributed by atoms with Crippen molar-refractivity contribution in [2.75, 3.05) is 0 Å². The number of benzene rings is 2. The highest BCUT2D eigenvalue weighted by Gasteiger charge is 2.11. The van der Waals surface area contributed by atoms with Crippen LogP contribution < -0.4 is 0 Å².